The van der Waals surface area contributed by atoms with Gasteiger partial charge in [0.1, 0.15) is 0 Å². The number of amides is 1. The molecular formula is C21H27NO3. The first-order valence-corrected chi connectivity index (χ1v) is 8.15. The number of hydroxylamine groups is 2. The molecule has 0 N–H and O–H groups in total. The van der Waals surface area contributed by atoms with Gasteiger partial charge < -0.3 is 0 Å². The maximum atomic E-state index is 11.6. The summed E-state index contributed by atoms with van der Waals surface area (Å²) in [6.07, 6.45) is 0. The molecule has 2 rings (SSSR count). The van der Waals surface area contributed by atoms with Gasteiger partial charge in [-0.15, -0.1) is 0 Å². The van der Waals surface area contributed by atoms with Crippen molar-refractivity contribution in [3.05, 3.63) is 69.8 Å². The highest BCUT2D eigenvalue weighted by Gasteiger charge is 2.11. The van der Waals surface area contributed by atoms with Crippen molar-refractivity contribution in [3.8, 4) is 0 Å². The predicted octanol–water partition coefficient (Wildman–Crippen LogP) is 4.44. The van der Waals surface area contributed by atoms with Crippen LogP contribution in [-0.4, -0.2) is 30.9 Å². The number of hydrogen-bond acceptors (Lipinski definition) is 3. The number of hydrogen-bond donors (Lipinski definition) is 0. The minimum atomic E-state index is -0.129. The number of nitrogens with zero attached hydrogens (tertiary/aromatic N) is 1. The highest BCUT2D eigenvalue weighted by atomic mass is 16.7. The highest BCUT2D eigenvalue weighted by molar-refractivity contribution is 5.94. The van der Waals surface area contributed by atoms with E-state index < -0.39 is 0 Å². The maximum Gasteiger partial charge on any atom is 0.277 e. The van der Waals surface area contributed by atoms with Crippen molar-refractivity contribution in [2.24, 2.45) is 0 Å². The molecule has 2 aromatic carbocycles. The quantitative estimate of drug-likeness (QED) is 0.612. The fourth-order valence-corrected chi connectivity index (χ4v) is 2.10. The van der Waals surface area contributed by atoms with Crippen LogP contribution in [0.4, 0.5) is 0 Å². The minimum absolute atomic E-state index is 0.129. The Hall–Kier alpha value is -2.46. The molecule has 0 saturated carbocycles. The zero-order valence-corrected chi connectivity index (χ0v) is 16.1. The molecule has 4 nitrogen and oxygen atoms in total. The van der Waals surface area contributed by atoms with Crippen LogP contribution >= 0.6 is 0 Å². The predicted molar refractivity (Wildman–Crippen MR) is 101 cm³/mol. The average molecular weight is 341 g/mol. The van der Waals surface area contributed by atoms with E-state index in [4.69, 9.17) is 4.84 Å². The first-order chi connectivity index (χ1) is 11.7. The van der Waals surface area contributed by atoms with E-state index in [1.54, 1.807) is 20.0 Å². The molecule has 0 spiro atoms. The van der Waals surface area contributed by atoms with E-state index in [0.29, 0.717) is 5.56 Å². The molecule has 0 unspecified atom stereocenters. The zero-order valence-electron chi connectivity index (χ0n) is 16.1. The van der Waals surface area contributed by atoms with Gasteiger partial charge in [0.2, 0.25) is 0 Å². The standard InChI is InChI=1S/C11H15NO2.C10H12O/c1-8-5-6-10(7-9(8)2)11(13)12(3)14-4;1-7-4-5-10(9(3)11)6-8(7)2/h5-7H,1-4H3;4-6H,1-3H3. The fraction of sp³-hybridized carbons (Fsp3) is 0.333. The van der Waals surface area contributed by atoms with Gasteiger partial charge in [-0.3, -0.25) is 14.4 Å². The normalized spacial score (nSPS) is 9.88. The van der Waals surface area contributed by atoms with Gasteiger partial charge in [0, 0.05) is 18.2 Å². The number of aryl methyl sites for hydroxylation is 4. The van der Waals surface area contributed by atoms with Gasteiger partial charge in [-0.05, 0) is 75.1 Å². The summed E-state index contributed by atoms with van der Waals surface area (Å²) in [6.45, 7) is 9.65. The second-order valence-electron chi connectivity index (χ2n) is 6.14. The molecule has 4 heteroatoms. The van der Waals surface area contributed by atoms with Crippen LogP contribution in [0.3, 0.4) is 0 Å². The molecule has 0 radical (unpaired) electrons. The van der Waals surface area contributed by atoms with Gasteiger partial charge in [0.05, 0.1) is 7.11 Å². The summed E-state index contributed by atoms with van der Waals surface area (Å²) in [5, 5.41) is 1.21. The number of rotatable bonds is 3. The van der Waals surface area contributed by atoms with E-state index in [0.717, 1.165) is 11.1 Å². The van der Waals surface area contributed by atoms with E-state index in [2.05, 4.69) is 0 Å². The second-order valence-corrected chi connectivity index (χ2v) is 6.14. The molecule has 134 valence electrons. The van der Waals surface area contributed by atoms with Crippen LogP contribution < -0.4 is 0 Å². The van der Waals surface area contributed by atoms with E-state index in [1.807, 2.05) is 58.0 Å². The first kappa shape index (κ1) is 20.6. The number of carbonyl (C=O) groups is 2. The lowest BCUT2D eigenvalue weighted by Crippen LogP contribution is -2.25. The summed E-state index contributed by atoms with van der Waals surface area (Å²) < 4.78 is 0. The molecule has 0 fully saturated rings. The van der Waals surface area contributed by atoms with Crippen LogP contribution in [-0.2, 0) is 4.84 Å². The molecule has 1 amide bonds. The van der Waals surface area contributed by atoms with Crippen LogP contribution in [0.25, 0.3) is 0 Å². The van der Waals surface area contributed by atoms with Crippen molar-refractivity contribution in [3.63, 3.8) is 0 Å². The third kappa shape index (κ3) is 5.84. The summed E-state index contributed by atoms with van der Waals surface area (Å²) in [5.41, 5.74) is 6.15. The molecule has 0 bridgehead atoms. The van der Waals surface area contributed by atoms with E-state index in [-0.39, 0.29) is 11.7 Å². The lowest BCUT2D eigenvalue weighted by Gasteiger charge is -2.14. The fourth-order valence-electron chi connectivity index (χ4n) is 2.10. The Bertz CT molecular complexity index is 766. The van der Waals surface area contributed by atoms with Crippen LogP contribution in [0.15, 0.2) is 36.4 Å². The van der Waals surface area contributed by atoms with Crippen LogP contribution in [0.5, 0.6) is 0 Å². The number of carbonyl (C=O) groups excluding carboxylic acids is 2. The van der Waals surface area contributed by atoms with Gasteiger partial charge in [-0.2, -0.15) is 0 Å². The van der Waals surface area contributed by atoms with Gasteiger partial charge >= 0.3 is 0 Å². The largest absolute Gasteiger partial charge is 0.295 e. The minimum Gasteiger partial charge on any atom is -0.295 e. The molecule has 0 aliphatic carbocycles. The van der Waals surface area contributed by atoms with Crippen LogP contribution in [0.1, 0.15) is 49.9 Å². The van der Waals surface area contributed by atoms with E-state index >= 15 is 0 Å². The third-order valence-electron chi connectivity index (χ3n) is 4.23. The molecule has 0 saturated heterocycles. The van der Waals surface area contributed by atoms with E-state index in [1.165, 1.54) is 28.9 Å². The summed E-state index contributed by atoms with van der Waals surface area (Å²) in [5.74, 6) is 0.00343. The average Bonchev–Trinajstić information content (AvgIpc) is 2.58. The number of Topliss-reactive ketones (excluding diaryl/α,β-unsaturated/α-hetero) is 1. The van der Waals surface area contributed by atoms with Gasteiger partial charge in [0.25, 0.3) is 5.91 Å². The van der Waals surface area contributed by atoms with Gasteiger partial charge in [0.15, 0.2) is 5.78 Å². The van der Waals surface area contributed by atoms with Crippen molar-refractivity contribution in [1.82, 2.24) is 5.06 Å². The zero-order chi connectivity index (χ0) is 19.1. The number of ketones is 1. The van der Waals surface area contributed by atoms with Crippen LogP contribution in [0.2, 0.25) is 0 Å². The first-order valence-electron chi connectivity index (χ1n) is 8.15. The Balaban J connectivity index is 0.000000257. The molecule has 25 heavy (non-hydrogen) atoms. The van der Waals surface area contributed by atoms with Crippen molar-refractivity contribution in [1.29, 1.82) is 0 Å². The highest BCUT2D eigenvalue weighted by Crippen LogP contribution is 2.11. The van der Waals surface area contributed by atoms with Gasteiger partial charge in [-0.25, -0.2) is 5.06 Å². The Labute approximate surface area is 150 Å². The lowest BCUT2D eigenvalue weighted by atomic mass is 10.0. The molecule has 0 heterocycles. The van der Waals surface area contributed by atoms with Crippen molar-refractivity contribution < 1.29 is 14.4 Å². The molecule has 0 aliphatic heterocycles. The molecule has 0 atom stereocenters. The summed E-state index contributed by atoms with van der Waals surface area (Å²) in [4.78, 5) is 27.4. The maximum absolute atomic E-state index is 11.6. The Morgan fingerprint density at radius 2 is 1.24 bits per heavy atom. The topological polar surface area (TPSA) is 46.6 Å². The number of benzene rings is 2. The SMILES string of the molecule is CC(=O)c1ccc(C)c(C)c1.CON(C)C(=O)c1ccc(C)c(C)c1. The molecule has 0 aromatic heterocycles. The smallest absolute Gasteiger partial charge is 0.277 e. The van der Waals surface area contributed by atoms with Crippen molar-refractivity contribution in [2.45, 2.75) is 34.6 Å². The van der Waals surface area contributed by atoms with Crippen molar-refractivity contribution in [2.75, 3.05) is 14.2 Å². The summed E-state index contributed by atoms with van der Waals surface area (Å²) in [6, 6.07) is 11.4. The Morgan fingerprint density at radius 3 is 1.64 bits per heavy atom. The summed E-state index contributed by atoms with van der Waals surface area (Å²) >= 11 is 0. The van der Waals surface area contributed by atoms with Crippen LogP contribution in [0, 0.1) is 27.7 Å². The monoisotopic (exact) mass is 341 g/mol. The Morgan fingerprint density at radius 1 is 0.800 bits per heavy atom. The molecule has 2 aromatic rings. The van der Waals surface area contributed by atoms with Gasteiger partial charge in [-0.1, -0.05) is 18.2 Å². The second kappa shape index (κ2) is 9.14. The Kier molecular flexibility index (Phi) is 7.52. The lowest BCUT2D eigenvalue weighted by molar-refractivity contribution is -0.0757. The van der Waals surface area contributed by atoms with Crippen molar-refractivity contribution >= 4 is 11.7 Å². The van der Waals surface area contributed by atoms with E-state index in [9.17, 15) is 9.59 Å². The third-order valence-corrected chi connectivity index (χ3v) is 4.23. The molecule has 0 aliphatic rings. The summed E-state index contributed by atoms with van der Waals surface area (Å²) in [7, 11) is 3.07. The molecular weight excluding hydrogens is 314 g/mol.